The molecule has 6 heteroatoms. The predicted octanol–water partition coefficient (Wildman–Crippen LogP) is 2.23. The van der Waals surface area contributed by atoms with E-state index in [-0.39, 0.29) is 0 Å². The van der Waals surface area contributed by atoms with Crippen molar-refractivity contribution in [1.29, 1.82) is 0 Å². The summed E-state index contributed by atoms with van der Waals surface area (Å²) in [5.74, 6) is -0.0975. The highest BCUT2D eigenvalue weighted by atomic mass is 16.5. The van der Waals surface area contributed by atoms with E-state index in [1.54, 1.807) is 23.9 Å². The number of aromatic nitrogens is 2. The number of hydrogen-bond acceptors (Lipinski definition) is 5. The Hall–Kier alpha value is -2.18. The normalized spacial score (nSPS) is 21.2. The minimum absolute atomic E-state index is 0.305. The fourth-order valence-electron chi connectivity index (χ4n) is 3.45. The third kappa shape index (κ3) is 4.27. The Morgan fingerprint density at radius 2 is 1.92 bits per heavy atom. The first-order valence-corrected chi connectivity index (χ1v) is 8.85. The molecule has 134 valence electrons. The SMILES string of the molecule is CCOC(=O)c1nccn1-c1ccc(CN2C[C@@H](C)N[C@@H](C)C2)cc1. The van der Waals surface area contributed by atoms with Crippen molar-refractivity contribution in [1.82, 2.24) is 19.8 Å². The first-order chi connectivity index (χ1) is 12.1. The Kier molecular flexibility index (Phi) is 5.50. The highest BCUT2D eigenvalue weighted by Gasteiger charge is 2.21. The van der Waals surface area contributed by atoms with E-state index in [9.17, 15) is 4.79 Å². The number of nitrogens with one attached hydrogen (secondary N) is 1. The molecule has 1 aliphatic rings. The largest absolute Gasteiger partial charge is 0.460 e. The summed E-state index contributed by atoms with van der Waals surface area (Å²) in [7, 11) is 0. The fourth-order valence-corrected chi connectivity index (χ4v) is 3.45. The molecule has 2 aromatic rings. The van der Waals surface area contributed by atoms with Crippen molar-refractivity contribution in [2.24, 2.45) is 0 Å². The van der Waals surface area contributed by atoms with Crippen LogP contribution in [0.4, 0.5) is 0 Å². The molecule has 2 atom stereocenters. The lowest BCUT2D eigenvalue weighted by Gasteiger charge is -2.36. The summed E-state index contributed by atoms with van der Waals surface area (Å²) < 4.78 is 6.82. The van der Waals surface area contributed by atoms with Gasteiger partial charge < -0.3 is 10.1 Å². The number of hydrogen-bond donors (Lipinski definition) is 1. The average molecular weight is 342 g/mol. The molecule has 1 aromatic heterocycles. The van der Waals surface area contributed by atoms with Crippen LogP contribution in [0, 0.1) is 0 Å². The molecular formula is C19H26N4O2. The van der Waals surface area contributed by atoms with Gasteiger partial charge in [-0.25, -0.2) is 9.78 Å². The summed E-state index contributed by atoms with van der Waals surface area (Å²) in [4.78, 5) is 18.6. The number of carbonyl (C=O) groups is 1. The van der Waals surface area contributed by atoms with Crippen LogP contribution in [0.5, 0.6) is 0 Å². The minimum atomic E-state index is -0.402. The van der Waals surface area contributed by atoms with Crippen LogP contribution in [0.1, 0.15) is 37.0 Å². The molecule has 1 N–H and O–H groups in total. The van der Waals surface area contributed by atoms with E-state index in [0.29, 0.717) is 24.5 Å². The zero-order chi connectivity index (χ0) is 17.8. The Labute approximate surface area is 148 Å². The van der Waals surface area contributed by atoms with Crippen LogP contribution >= 0.6 is 0 Å². The average Bonchev–Trinajstić information content (AvgIpc) is 3.04. The molecule has 1 aromatic carbocycles. The molecular weight excluding hydrogens is 316 g/mol. The Morgan fingerprint density at radius 1 is 1.24 bits per heavy atom. The van der Waals surface area contributed by atoms with E-state index in [1.807, 2.05) is 12.1 Å². The highest BCUT2D eigenvalue weighted by Crippen LogP contribution is 2.15. The van der Waals surface area contributed by atoms with Crippen LogP contribution in [0.2, 0.25) is 0 Å². The Balaban J connectivity index is 1.71. The van der Waals surface area contributed by atoms with E-state index < -0.39 is 5.97 Å². The van der Waals surface area contributed by atoms with Gasteiger partial charge in [0.25, 0.3) is 0 Å². The van der Waals surface area contributed by atoms with E-state index in [2.05, 4.69) is 41.2 Å². The van der Waals surface area contributed by atoms with Gasteiger partial charge in [0.15, 0.2) is 0 Å². The van der Waals surface area contributed by atoms with Gasteiger partial charge >= 0.3 is 5.97 Å². The lowest BCUT2D eigenvalue weighted by Crippen LogP contribution is -2.53. The van der Waals surface area contributed by atoms with Crippen molar-refractivity contribution < 1.29 is 9.53 Å². The maximum atomic E-state index is 12.0. The van der Waals surface area contributed by atoms with Crippen LogP contribution in [0.3, 0.4) is 0 Å². The van der Waals surface area contributed by atoms with Crippen molar-refractivity contribution in [3.63, 3.8) is 0 Å². The van der Waals surface area contributed by atoms with E-state index in [1.165, 1.54) is 5.56 Å². The Bertz CT molecular complexity index is 700. The second-order valence-electron chi connectivity index (χ2n) is 6.67. The summed E-state index contributed by atoms with van der Waals surface area (Å²) in [5.41, 5.74) is 2.18. The van der Waals surface area contributed by atoms with Crippen molar-refractivity contribution in [3.8, 4) is 5.69 Å². The molecule has 2 heterocycles. The van der Waals surface area contributed by atoms with Gasteiger partial charge in [0, 0.05) is 49.8 Å². The monoisotopic (exact) mass is 342 g/mol. The third-order valence-corrected chi connectivity index (χ3v) is 4.35. The number of carbonyl (C=O) groups excluding carboxylic acids is 1. The summed E-state index contributed by atoms with van der Waals surface area (Å²) in [6.07, 6.45) is 3.39. The van der Waals surface area contributed by atoms with Gasteiger partial charge in [-0.3, -0.25) is 9.47 Å². The molecule has 6 nitrogen and oxygen atoms in total. The highest BCUT2D eigenvalue weighted by molar-refractivity contribution is 5.86. The molecule has 1 fully saturated rings. The number of piperazine rings is 1. The van der Waals surface area contributed by atoms with E-state index in [4.69, 9.17) is 4.74 Å². The Morgan fingerprint density at radius 3 is 2.56 bits per heavy atom. The van der Waals surface area contributed by atoms with Gasteiger partial charge in [-0.15, -0.1) is 0 Å². The number of ether oxygens (including phenoxy) is 1. The quantitative estimate of drug-likeness (QED) is 0.845. The third-order valence-electron chi connectivity index (χ3n) is 4.35. The number of imidazole rings is 1. The lowest BCUT2D eigenvalue weighted by atomic mass is 10.1. The maximum absolute atomic E-state index is 12.0. The van der Waals surface area contributed by atoms with Gasteiger partial charge in [-0.2, -0.15) is 0 Å². The second kappa shape index (κ2) is 7.80. The number of benzene rings is 1. The topological polar surface area (TPSA) is 59.4 Å². The molecule has 1 saturated heterocycles. The molecule has 0 spiro atoms. The summed E-state index contributed by atoms with van der Waals surface area (Å²) in [5, 5.41) is 3.55. The molecule has 0 bridgehead atoms. The maximum Gasteiger partial charge on any atom is 0.374 e. The lowest BCUT2D eigenvalue weighted by molar-refractivity contribution is 0.0510. The standard InChI is InChI=1S/C19H26N4O2/c1-4-25-19(24)18-20-9-10-23(18)17-7-5-16(6-8-17)13-22-11-14(2)21-15(3)12-22/h5-10,14-15,21H,4,11-13H2,1-3H3/t14-,15+. The van der Waals surface area contributed by atoms with E-state index in [0.717, 1.165) is 25.3 Å². The molecule has 25 heavy (non-hydrogen) atoms. The molecule has 0 saturated carbocycles. The van der Waals surface area contributed by atoms with Crippen LogP contribution in [-0.2, 0) is 11.3 Å². The van der Waals surface area contributed by atoms with Crippen LogP contribution in [-0.4, -0.2) is 52.2 Å². The second-order valence-corrected chi connectivity index (χ2v) is 6.67. The van der Waals surface area contributed by atoms with Crippen LogP contribution in [0.25, 0.3) is 5.69 Å². The molecule has 0 amide bonds. The van der Waals surface area contributed by atoms with Gasteiger partial charge in [-0.1, -0.05) is 12.1 Å². The zero-order valence-corrected chi connectivity index (χ0v) is 15.1. The van der Waals surface area contributed by atoms with Crippen molar-refractivity contribution in [2.45, 2.75) is 39.4 Å². The number of nitrogens with zero attached hydrogens (tertiary/aromatic N) is 3. The minimum Gasteiger partial charge on any atom is -0.460 e. The fraction of sp³-hybridized carbons (Fsp3) is 0.474. The summed E-state index contributed by atoms with van der Waals surface area (Å²) in [6.45, 7) is 9.62. The first-order valence-electron chi connectivity index (χ1n) is 8.85. The zero-order valence-electron chi connectivity index (χ0n) is 15.1. The summed E-state index contributed by atoms with van der Waals surface area (Å²) in [6, 6.07) is 9.30. The van der Waals surface area contributed by atoms with Crippen molar-refractivity contribution in [3.05, 3.63) is 48.0 Å². The smallest absolute Gasteiger partial charge is 0.374 e. The molecule has 1 aliphatic heterocycles. The number of esters is 1. The van der Waals surface area contributed by atoms with Crippen LogP contribution < -0.4 is 5.32 Å². The molecule has 0 radical (unpaired) electrons. The molecule has 3 rings (SSSR count). The number of rotatable bonds is 5. The van der Waals surface area contributed by atoms with Crippen LogP contribution in [0.15, 0.2) is 36.7 Å². The predicted molar refractivity (Wildman–Crippen MR) is 96.9 cm³/mol. The molecule has 0 unspecified atom stereocenters. The van der Waals surface area contributed by atoms with Gasteiger partial charge in [0.2, 0.25) is 5.82 Å². The summed E-state index contributed by atoms with van der Waals surface area (Å²) >= 11 is 0. The van der Waals surface area contributed by atoms with Crippen molar-refractivity contribution >= 4 is 5.97 Å². The van der Waals surface area contributed by atoms with Gasteiger partial charge in [-0.05, 0) is 38.5 Å². The van der Waals surface area contributed by atoms with Gasteiger partial charge in [0.1, 0.15) is 0 Å². The first kappa shape index (κ1) is 17.6. The van der Waals surface area contributed by atoms with Gasteiger partial charge in [0.05, 0.1) is 6.61 Å². The molecule has 0 aliphatic carbocycles. The van der Waals surface area contributed by atoms with Crippen molar-refractivity contribution in [2.75, 3.05) is 19.7 Å². The van der Waals surface area contributed by atoms with E-state index >= 15 is 0 Å².